The van der Waals surface area contributed by atoms with E-state index in [1.54, 1.807) is 24.3 Å². The monoisotopic (exact) mass is 310 g/mol. The fraction of sp³-hybridized carbons (Fsp3) is 0.100. The molecule has 0 amide bonds. The van der Waals surface area contributed by atoms with Gasteiger partial charge in [-0.15, -0.1) is 0 Å². The predicted octanol–water partition coefficient (Wildman–Crippen LogP) is 5.62. The second-order valence-corrected chi connectivity index (χ2v) is 5.30. The van der Waals surface area contributed by atoms with Crippen LogP contribution in [0.1, 0.15) is 5.56 Å². The van der Waals surface area contributed by atoms with Crippen molar-refractivity contribution in [3.05, 3.63) is 77.9 Å². The van der Waals surface area contributed by atoms with Crippen LogP contribution in [0.25, 0.3) is 22.3 Å². The standard InChI is InChI=1S/C20H16F2O/c1-13-7-3-4-8-14(13)15-11-12-17(21)19(20(15)22)16-9-5-6-10-18(16)23-2/h3-12H,1-2H3. The first-order valence-corrected chi connectivity index (χ1v) is 7.31. The van der Waals surface area contributed by atoms with Gasteiger partial charge >= 0.3 is 0 Å². The van der Waals surface area contributed by atoms with E-state index in [2.05, 4.69) is 0 Å². The first kappa shape index (κ1) is 15.2. The maximum atomic E-state index is 15.1. The minimum atomic E-state index is -0.607. The summed E-state index contributed by atoms with van der Waals surface area (Å²) < 4.78 is 34.7. The lowest BCUT2D eigenvalue weighted by Gasteiger charge is -2.14. The molecule has 23 heavy (non-hydrogen) atoms. The Morgan fingerprint density at radius 3 is 2.09 bits per heavy atom. The maximum absolute atomic E-state index is 15.1. The van der Waals surface area contributed by atoms with Gasteiger partial charge < -0.3 is 4.74 Å². The Labute approximate surface area is 134 Å². The third-order valence-corrected chi connectivity index (χ3v) is 3.90. The Kier molecular flexibility index (Phi) is 4.11. The summed E-state index contributed by atoms with van der Waals surface area (Å²) in [6.07, 6.45) is 0. The first-order valence-electron chi connectivity index (χ1n) is 7.31. The highest BCUT2D eigenvalue weighted by Gasteiger charge is 2.19. The molecule has 3 aromatic carbocycles. The van der Waals surface area contributed by atoms with Gasteiger partial charge in [0.2, 0.25) is 0 Å². The van der Waals surface area contributed by atoms with Gasteiger partial charge in [0.25, 0.3) is 0 Å². The summed E-state index contributed by atoms with van der Waals surface area (Å²) in [5.74, 6) is -0.750. The fourth-order valence-electron chi connectivity index (χ4n) is 2.73. The lowest BCUT2D eigenvalue weighted by Crippen LogP contribution is -1.97. The molecule has 0 aromatic heterocycles. The Morgan fingerprint density at radius 1 is 0.739 bits per heavy atom. The molecular weight excluding hydrogens is 294 g/mol. The van der Waals surface area contributed by atoms with Crippen LogP contribution in [0.15, 0.2) is 60.7 Å². The summed E-state index contributed by atoms with van der Waals surface area (Å²) in [7, 11) is 1.49. The van der Waals surface area contributed by atoms with E-state index in [0.29, 0.717) is 16.9 Å². The number of hydrogen-bond acceptors (Lipinski definition) is 1. The van der Waals surface area contributed by atoms with E-state index < -0.39 is 11.6 Å². The molecule has 3 aromatic rings. The van der Waals surface area contributed by atoms with E-state index in [0.717, 1.165) is 11.1 Å². The fourth-order valence-corrected chi connectivity index (χ4v) is 2.73. The van der Waals surface area contributed by atoms with E-state index in [1.165, 1.54) is 19.2 Å². The Bertz CT molecular complexity index is 856. The Hall–Kier alpha value is -2.68. The molecule has 0 fully saturated rings. The zero-order valence-electron chi connectivity index (χ0n) is 12.9. The van der Waals surface area contributed by atoms with E-state index in [9.17, 15) is 4.39 Å². The van der Waals surface area contributed by atoms with Gasteiger partial charge in [0.15, 0.2) is 0 Å². The molecule has 0 saturated heterocycles. The van der Waals surface area contributed by atoms with Gasteiger partial charge in [0, 0.05) is 11.1 Å². The molecule has 0 saturated carbocycles. The summed E-state index contributed by atoms with van der Waals surface area (Å²) in [5, 5.41) is 0. The van der Waals surface area contributed by atoms with Crippen LogP contribution in [0.3, 0.4) is 0 Å². The number of rotatable bonds is 3. The van der Waals surface area contributed by atoms with E-state index in [-0.39, 0.29) is 5.56 Å². The van der Waals surface area contributed by atoms with Crippen LogP contribution in [-0.4, -0.2) is 7.11 Å². The van der Waals surface area contributed by atoms with E-state index in [1.807, 2.05) is 31.2 Å². The van der Waals surface area contributed by atoms with Crippen molar-refractivity contribution in [1.29, 1.82) is 0 Å². The number of aryl methyl sites for hydroxylation is 1. The molecule has 3 rings (SSSR count). The molecule has 0 radical (unpaired) electrons. The first-order chi connectivity index (χ1) is 11.1. The normalized spacial score (nSPS) is 10.6. The lowest BCUT2D eigenvalue weighted by molar-refractivity contribution is 0.415. The predicted molar refractivity (Wildman–Crippen MR) is 88.5 cm³/mol. The number of ether oxygens (including phenoxy) is 1. The number of para-hydroxylation sites is 1. The minimum absolute atomic E-state index is 0.0665. The molecule has 0 aliphatic carbocycles. The summed E-state index contributed by atoms with van der Waals surface area (Å²) in [4.78, 5) is 0. The molecule has 0 aliphatic rings. The van der Waals surface area contributed by atoms with Crippen LogP contribution in [0.2, 0.25) is 0 Å². The molecule has 3 heteroatoms. The third-order valence-electron chi connectivity index (χ3n) is 3.90. The molecule has 0 aliphatic heterocycles. The molecule has 0 N–H and O–H groups in total. The van der Waals surface area contributed by atoms with Gasteiger partial charge in [0.05, 0.1) is 12.7 Å². The lowest BCUT2D eigenvalue weighted by atomic mass is 9.94. The van der Waals surface area contributed by atoms with Crippen LogP contribution in [0, 0.1) is 18.6 Å². The second kappa shape index (κ2) is 6.21. The SMILES string of the molecule is COc1ccccc1-c1c(F)ccc(-c2ccccc2C)c1F. The van der Waals surface area contributed by atoms with Gasteiger partial charge in [-0.3, -0.25) is 0 Å². The topological polar surface area (TPSA) is 9.23 Å². The van der Waals surface area contributed by atoms with Crippen molar-refractivity contribution in [3.63, 3.8) is 0 Å². The van der Waals surface area contributed by atoms with E-state index >= 15 is 4.39 Å². The third kappa shape index (κ3) is 2.70. The molecule has 0 bridgehead atoms. The number of methoxy groups -OCH3 is 1. The second-order valence-electron chi connectivity index (χ2n) is 5.30. The van der Waals surface area contributed by atoms with Crippen LogP contribution >= 0.6 is 0 Å². The van der Waals surface area contributed by atoms with Crippen LogP contribution in [0.4, 0.5) is 8.78 Å². The highest BCUT2D eigenvalue weighted by molar-refractivity contribution is 5.78. The number of halogens is 2. The summed E-state index contributed by atoms with van der Waals surface area (Å²) in [6.45, 7) is 1.90. The highest BCUT2D eigenvalue weighted by atomic mass is 19.1. The molecule has 116 valence electrons. The zero-order chi connectivity index (χ0) is 16.4. The van der Waals surface area contributed by atoms with Gasteiger partial charge in [-0.25, -0.2) is 8.78 Å². The molecule has 1 nitrogen and oxygen atoms in total. The Morgan fingerprint density at radius 2 is 1.39 bits per heavy atom. The van der Waals surface area contributed by atoms with Crippen LogP contribution in [0.5, 0.6) is 5.75 Å². The zero-order valence-corrected chi connectivity index (χ0v) is 12.9. The van der Waals surface area contributed by atoms with Gasteiger partial charge in [-0.05, 0) is 36.2 Å². The van der Waals surface area contributed by atoms with Crippen molar-refractivity contribution in [2.75, 3.05) is 7.11 Å². The van der Waals surface area contributed by atoms with Crippen molar-refractivity contribution in [1.82, 2.24) is 0 Å². The van der Waals surface area contributed by atoms with Crippen molar-refractivity contribution < 1.29 is 13.5 Å². The Balaban J connectivity index is 2.27. The van der Waals surface area contributed by atoms with Crippen molar-refractivity contribution in [2.45, 2.75) is 6.92 Å². The smallest absolute Gasteiger partial charge is 0.141 e. The molecule has 0 heterocycles. The molecule has 0 spiro atoms. The largest absolute Gasteiger partial charge is 0.496 e. The highest BCUT2D eigenvalue weighted by Crippen LogP contribution is 2.38. The van der Waals surface area contributed by atoms with Crippen LogP contribution < -0.4 is 4.74 Å². The summed E-state index contributed by atoms with van der Waals surface area (Å²) >= 11 is 0. The van der Waals surface area contributed by atoms with Crippen molar-refractivity contribution in [3.8, 4) is 28.0 Å². The van der Waals surface area contributed by atoms with Crippen LogP contribution in [-0.2, 0) is 0 Å². The van der Waals surface area contributed by atoms with Gasteiger partial charge in [0.1, 0.15) is 17.4 Å². The van der Waals surface area contributed by atoms with Crippen molar-refractivity contribution in [2.24, 2.45) is 0 Å². The van der Waals surface area contributed by atoms with Gasteiger partial charge in [-0.2, -0.15) is 0 Å². The van der Waals surface area contributed by atoms with Crippen molar-refractivity contribution >= 4 is 0 Å². The molecule has 0 atom stereocenters. The molecule has 0 unspecified atom stereocenters. The van der Waals surface area contributed by atoms with E-state index in [4.69, 9.17) is 4.74 Å². The number of benzene rings is 3. The van der Waals surface area contributed by atoms with Gasteiger partial charge in [-0.1, -0.05) is 42.5 Å². The maximum Gasteiger partial charge on any atom is 0.141 e. The summed E-state index contributed by atoms with van der Waals surface area (Å²) in [5.41, 5.74) is 2.40. The quantitative estimate of drug-likeness (QED) is 0.610. The number of hydrogen-bond donors (Lipinski definition) is 0. The molecular formula is C20H16F2O. The average molecular weight is 310 g/mol. The average Bonchev–Trinajstić information content (AvgIpc) is 2.56. The summed E-state index contributed by atoms with van der Waals surface area (Å²) in [6, 6.07) is 17.1. The minimum Gasteiger partial charge on any atom is -0.496 e.